The molecule has 0 spiro atoms. The lowest BCUT2D eigenvalue weighted by Crippen LogP contribution is -2.54. The average molecular weight is 285 g/mol. The van der Waals surface area contributed by atoms with E-state index in [4.69, 9.17) is 9.47 Å². The molecule has 118 valence electrons. The summed E-state index contributed by atoms with van der Waals surface area (Å²) in [5.41, 5.74) is -0.724. The number of nitrogens with one attached hydrogen (secondary N) is 1. The van der Waals surface area contributed by atoms with Gasteiger partial charge in [-0.15, -0.1) is 0 Å². The van der Waals surface area contributed by atoms with E-state index < -0.39 is 5.54 Å². The molecule has 0 bridgehead atoms. The fourth-order valence-electron chi connectivity index (χ4n) is 2.57. The predicted octanol–water partition coefficient (Wildman–Crippen LogP) is 3.05. The molecule has 4 nitrogen and oxygen atoms in total. The Bertz CT molecular complexity index is 275. The first kappa shape index (κ1) is 17.4. The Labute approximate surface area is 123 Å². The topological polar surface area (TPSA) is 47.6 Å². The lowest BCUT2D eigenvalue weighted by atomic mass is 10.0. The number of carbonyl (C=O) groups excluding carboxylic acids is 1. The van der Waals surface area contributed by atoms with E-state index in [1.807, 2.05) is 13.8 Å². The molecular formula is C16H31NO3. The molecule has 0 saturated heterocycles. The summed E-state index contributed by atoms with van der Waals surface area (Å²) in [6, 6.07) is 0. The Kier molecular flexibility index (Phi) is 8.15. The van der Waals surface area contributed by atoms with Gasteiger partial charge in [0.25, 0.3) is 0 Å². The molecule has 1 saturated carbocycles. The van der Waals surface area contributed by atoms with Gasteiger partial charge >= 0.3 is 5.97 Å². The highest BCUT2D eigenvalue weighted by Crippen LogP contribution is 2.21. The number of hydrogen-bond acceptors (Lipinski definition) is 4. The van der Waals surface area contributed by atoms with Crippen LogP contribution in [0, 0.1) is 0 Å². The number of carbonyl (C=O) groups is 1. The van der Waals surface area contributed by atoms with E-state index in [0.29, 0.717) is 19.3 Å². The summed E-state index contributed by atoms with van der Waals surface area (Å²) in [5, 5.41) is 3.29. The Morgan fingerprint density at radius 1 is 1.20 bits per heavy atom. The van der Waals surface area contributed by atoms with Crippen LogP contribution in [0.2, 0.25) is 0 Å². The monoisotopic (exact) mass is 285 g/mol. The van der Waals surface area contributed by atoms with Gasteiger partial charge in [-0.1, -0.05) is 32.6 Å². The molecule has 1 atom stereocenters. The fourth-order valence-corrected chi connectivity index (χ4v) is 2.57. The van der Waals surface area contributed by atoms with Crippen LogP contribution >= 0.6 is 0 Å². The lowest BCUT2D eigenvalue weighted by Gasteiger charge is -2.30. The molecule has 1 N–H and O–H groups in total. The van der Waals surface area contributed by atoms with Crippen LogP contribution in [0.3, 0.4) is 0 Å². The molecule has 0 radical (unpaired) electrons. The summed E-state index contributed by atoms with van der Waals surface area (Å²) < 4.78 is 11.2. The van der Waals surface area contributed by atoms with Crippen LogP contribution < -0.4 is 5.32 Å². The van der Waals surface area contributed by atoms with Gasteiger partial charge in [-0.2, -0.15) is 0 Å². The molecule has 4 heteroatoms. The van der Waals surface area contributed by atoms with E-state index in [0.717, 1.165) is 25.8 Å². The Morgan fingerprint density at radius 2 is 1.85 bits per heavy atom. The van der Waals surface area contributed by atoms with Crippen molar-refractivity contribution in [1.29, 1.82) is 0 Å². The van der Waals surface area contributed by atoms with Gasteiger partial charge in [0, 0.05) is 0 Å². The summed E-state index contributed by atoms with van der Waals surface area (Å²) >= 11 is 0. The molecule has 20 heavy (non-hydrogen) atoms. The smallest absolute Gasteiger partial charge is 0.328 e. The maximum atomic E-state index is 12.1. The van der Waals surface area contributed by atoms with Gasteiger partial charge in [0.05, 0.1) is 19.3 Å². The van der Waals surface area contributed by atoms with Gasteiger partial charge in [-0.25, -0.2) is 4.79 Å². The Morgan fingerprint density at radius 3 is 2.40 bits per heavy atom. The minimum Gasteiger partial charge on any atom is -0.465 e. The van der Waals surface area contributed by atoms with E-state index in [-0.39, 0.29) is 5.97 Å². The molecule has 1 aliphatic carbocycles. The molecule has 0 aromatic carbocycles. The molecule has 0 heterocycles. The second kappa shape index (κ2) is 9.35. The van der Waals surface area contributed by atoms with Gasteiger partial charge in [0.2, 0.25) is 0 Å². The summed E-state index contributed by atoms with van der Waals surface area (Å²) in [6.07, 6.45) is 8.62. The summed E-state index contributed by atoms with van der Waals surface area (Å²) in [6.45, 7) is 7.41. The van der Waals surface area contributed by atoms with Crippen LogP contribution in [0.5, 0.6) is 0 Å². The zero-order valence-electron chi connectivity index (χ0n) is 13.4. The molecule has 0 aromatic heterocycles. The largest absolute Gasteiger partial charge is 0.465 e. The first-order valence-corrected chi connectivity index (χ1v) is 8.16. The van der Waals surface area contributed by atoms with Crippen molar-refractivity contribution in [3.05, 3.63) is 0 Å². The van der Waals surface area contributed by atoms with Crippen molar-refractivity contribution in [2.75, 3.05) is 19.8 Å². The van der Waals surface area contributed by atoms with Crippen LogP contribution in [0.15, 0.2) is 0 Å². The van der Waals surface area contributed by atoms with Gasteiger partial charge < -0.3 is 14.8 Å². The highest BCUT2D eigenvalue weighted by atomic mass is 16.5. The molecular weight excluding hydrogens is 254 g/mol. The fraction of sp³-hybridized carbons (Fsp3) is 0.938. The lowest BCUT2D eigenvalue weighted by molar-refractivity contribution is -0.154. The molecule has 1 rings (SSSR count). The van der Waals surface area contributed by atoms with E-state index in [1.165, 1.54) is 25.7 Å². The van der Waals surface area contributed by atoms with Crippen molar-refractivity contribution in [3.8, 4) is 0 Å². The van der Waals surface area contributed by atoms with Gasteiger partial charge in [0.1, 0.15) is 5.54 Å². The highest BCUT2D eigenvalue weighted by molar-refractivity contribution is 5.80. The SMILES string of the molecule is CCCNC(C)(COC1CCCCCC1)C(=O)OCC. The van der Waals surface area contributed by atoms with Crippen molar-refractivity contribution in [1.82, 2.24) is 5.32 Å². The van der Waals surface area contributed by atoms with Crippen LogP contribution in [0.1, 0.15) is 65.7 Å². The molecule has 1 unspecified atom stereocenters. The van der Waals surface area contributed by atoms with Crippen molar-refractivity contribution < 1.29 is 14.3 Å². The third kappa shape index (κ3) is 5.80. The maximum Gasteiger partial charge on any atom is 0.328 e. The van der Waals surface area contributed by atoms with E-state index in [2.05, 4.69) is 12.2 Å². The molecule has 0 aromatic rings. The Hall–Kier alpha value is -0.610. The second-order valence-corrected chi connectivity index (χ2v) is 5.90. The molecule has 0 amide bonds. The number of esters is 1. The van der Waals surface area contributed by atoms with E-state index >= 15 is 0 Å². The highest BCUT2D eigenvalue weighted by Gasteiger charge is 2.35. The van der Waals surface area contributed by atoms with Crippen molar-refractivity contribution in [3.63, 3.8) is 0 Å². The van der Waals surface area contributed by atoms with Crippen LogP contribution in [0.25, 0.3) is 0 Å². The van der Waals surface area contributed by atoms with Gasteiger partial charge in [-0.3, -0.25) is 0 Å². The quantitative estimate of drug-likeness (QED) is 0.550. The zero-order valence-corrected chi connectivity index (χ0v) is 13.4. The summed E-state index contributed by atoms with van der Waals surface area (Å²) in [7, 11) is 0. The van der Waals surface area contributed by atoms with Crippen LogP contribution in [-0.2, 0) is 14.3 Å². The molecule has 1 fully saturated rings. The average Bonchev–Trinajstić information content (AvgIpc) is 2.72. The Balaban J connectivity index is 2.51. The summed E-state index contributed by atoms with van der Waals surface area (Å²) in [5.74, 6) is -0.206. The first-order valence-electron chi connectivity index (χ1n) is 8.16. The van der Waals surface area contributed by atoms with Gasteiger partial charge in [0.15, 0.2) is 0 Å². The minimum absolute atomic E-state index is 0.206. The number of hydrogen-bond donors (Lipinski definition) is 1. The van der Waals surface area contributed by atoms with Crippen LogP contribution in [0.4, 0.5) is 0 Å². The molecule has 0 aliphatic heterocycles. The normalized spacial score (nSPS) is 20.1. The van der Waals surface area contributed by atoms with Crippen molar-refractivity contribution in [2.24, 2.45) is 0 Å². The third-order valence-corrected chi connectivity index (χ3v) is 3.90. The minimum atomic E-state index is -0.724. The second-order valence-electron chi connectivity index (χ2n) is 5.90. The zero-order chi connectivity index (χ0) is 14.8. The van der Waals surface area contributed by atoms with E-state index in [1.54, 1.807) is 0 Å². The van der Waals surface area contributed by atoms with Gasteiger partial charge in [-0.05, 0) is 39.7 Å². The first-order chi connectivity index (χ1) is 9.62. The molecule has 1 aliphatic rings. The summed E-state index contributed by atoms with van der Waals surface area (Å²) in [4.78, 5) is 12.1. The number of ether oxygens (including phenoxy) is 2. The standard InChI is InChI=1S/C16H31NO3/c1-4-12-17-16(3,15(18)19-5-2)13-20-14-10-8-6-7-9-11-14/h14,17H,4-13H2,1-3H3. The predicted molar refractivity (Wildman–Crippen MR) is 80.8 cm³/mol. The van der Waals surface area contributed by atoms with Crippen molar-refractivity contribution >= 4 is 5.97 Å². The van der Waals surface area contributed by atoms with Crippen molar-refractivity contribution in [2.45, 2.75) is 77.4 Å². The maximum absolute atomic E-state index is 12.1. The van der Waals surface area contributed by atoms with E-state index in [9.17, 15) is 4.79 Å². The van der Waals surface area contributed by atoms with Crippen LogP contribution in [-0.4, -0.2) is 37.4 Å². The third-order valence-electron chi connectivity index (χ3n) is 3.90. The number of rotatable bonds is 8.